The predicted molar refractivity (Wildman–Crippen MR) is 122 cm³/mol. The molecule has 9 nitrogen and oxygen atoms in total. The number of hydrogen-bond donors (Lipinski definition) is 2. The van der Waals surface area contributed by atoms with Crippen LogP contribution < -0.4 is 10.6 Å². The SMILES string of the molecule is O=C1Cc2cc(C(=O)N[C@H](C(=O)N3C[C@H](Cl)[C@H]4OCC(=O)[C@H]43)C3CCCCC3)ccc2NC1=O. The van der Waals surface area contributed by atoms with E-state index in [4.69, 9.17) is 16.3 Å². The number of ketones is 2. The second-order valence-corrected chi connectivity index (χ2v) is 10.0. The van der Waals surface area contributed by atoms with Gasteiger partial charge in [-0.2, -0.15) is 0 Å². The summed E-state index contributed by atoms with van der Waals surface area (Å²) in [6.45, 7) is 0.133. The second kappa shape index (κ2) is 9.11. The summed E-state index contributed by atoms with van der Waals surface area (Å²) < 4.78 is 5.51. The Labute approximate surface area is 201 Å². The van der Waals surface area contributed by atoms with Crippen molar-refractivity contribution >= 4 is 46.6 Å². The average molecular weight is 488 g/mol. The zero-order chi connectivity index (χ0) is 24.0. The van der Waals surface area contributed by atoms with Crippen LogP contribution >= 0.6 is 11.6 Å². The highest BCUT2D eigenvalue weighted by Gasteiger charge is 2.53. The van der Waals surface area contributed by atoms with Gasteiger partial charge in [-0.25, -0.2) is 0 Å². The average Bonchev–Trinajstić information content (AvgIpc) is 3.38. The Balaban J connectivity index is 1.39. The highest BCUT2D eigenvalue weighted by atomic mass is 35.5. The third-order valence-electron chi connectivity index (χ3n) is 7.30. The molecule has 1 aromatic carbocycles. The number of hydrogen-bond acceptors (Lipinski definition) is 6. The Hall–Kier alpha value is -2.78. The van der Waals surface area contributed by atoms with E-state index in [9.17, 15) is 24.0 Å². The quantitative estimate of drug-likeness (QED) is 0.486. The number of fused-ring (bicyclic) bond motifs is 2. The molecule has 180 valence electrons. The van der Waals surface area contributed by atoms with Gasteiger partial charge in [-0.3, -0.25) is 24.0 Å². The number of carbonyl (C=O) groups excluding carboxylic acids is 5. The van der Waals surface area contributed by atoms with Gasteiger partial charge < -0.3 is 20.3 Å². The Morgan fingerprint density at radius 2 is 1.91 bits per heavy atom. The van der Waals surface area contributed by atoms with E-state index < -0.39 is 41.2 Å². The minimum Gasteiger partial charge on any atom is -0.366 e. The fourth-order valence-corrected chi connectivity index (χ4v) is 5.88. The maximum atomic E-state index is 13.7. The summed E-state index contributed by atoms with van der Waals surface area (Å²) in [5, 5.41) is 4.96. The first-order chi connectivity index (χ1) is 16.3. The fourth-order valence-electron chi connectivity index (χ4n) is 5.52. The maximum Gasteiger partial charge on any atom is 0.292 e. The third-order valence-corrected chi connectivity index (χ3v) is 7.69. The summed E-state index contributed by atoms with van der Waals surface area (Å²) in [6, 6.07) is 3.21. The van der Waals surface area contributed by atoms with Gasteiger partial charge in [-0.1, -0.05) is 19.3 Å². The molecule has 4 aliphatic rings. The van der Waals surface area contributed by atoms with Crippen LogP contribution in [-0.4, -0.2) is 70.9 Å². The van der Waals surface area contributed by atoms with Crippen LogP contribution in [-0.2, 0) is 30.3 Å². The molecule has 2 saturated heterocycles. The highest BCUT2D eigenvalue weighted by molar-refractivity contribution is 6.42. The Morgan fingerprint density at radius 3 is 2.68 bits per heavy atom. The van der Waals surface area contributed by atoms with Crippen LogP contribution in [0.5, 0.6) is 0 Å². The van der Waals surface area contributed by atoms with E-state index in [1.54, 1.807) is 18.2 Å². The normalized spacial score (nSPS) is 27.7. The van der Waals surface area contributed by atoms with Gasteiger partial charge in [0.2, 0.25) is 11.7 Å². The van der Waals surface area contributed by atoms with Crippen LogP contribution in [0.4, 0.5) is 5.69 Å². The topological polar surface area (TPSA) is 122 Å². The van der Waals surface area contributed by atoms with Crippen molar-refractivity contribution in [2.45, 2.75) is 62.1 Å². The number of likely N-dealkylation sites (tertiary alicyclic amines) is 1. The minimum absolute atomic E-state index is 0.0473. The van der Waals surface area contributed by atoms with Crippen LogP contribution in [0.25, 0.3) is 0 Å². The summed E-state index contributed by atoms with van der Waals surface area (Å²) in [5.74, 6) is -2.20. The smallest absolute Gasteiger partial charge is 0.292 e. The van der Waals surface area contributed by atoms with Crippen LogP contribution in [0.15, 0.2) is 18.2 Å². The third kappa shape index (κ3) is 4.11. The summed E-state index contributed by atoms with van der Waals surface area (Å²) in [5.41, 5.74) is 1.35. The highest BCUT2D eigenvalue weighted by Crippen LogP contribution is 2.34. The monoisotopic (exact) mass is 487 g/mol. The number of rotatable bonds is 4. The number of ether oxygens (including phenoxy) is 1. The van der Waals surface area contributed by atoms with Crippen LogP contribution in [0.3, 0.4) is 0 Å². The van der Waals surface area contributed by atoms with Crippen molar-refractivity contribution in [1.29, 1.82) is 0 Å². The van der Waals surface area contributed by atoms with E-state index in [0.29, 0.717) is 16.8 Å². The number of benzene rings is 1. The first-order valence-electron chi connectivity index (χ1n) is 11.7. The number of halogens is 1. The minimum atomic E-state index is -0.791. The molecule has 0 radical (unpaired) electrons. The molecule has 3 heterocycles. The summed E-state index contributed by atoms with van der Waals surface area (Å²) >= 11 is 6.38. The molecule has 1 saturated carbocycles. The first-order valence-corrected chi connectivity index (χ1v) is 12.1. The lowest BCUT2D eigenvalue weighted by molar-refractivity contribution is -0.139. The van der Waals surface area contributed by atoms with Gasteiger partial charge in [0.05, 0.1) is 5.38 Å². The van der Waals surface area contributed by atoms with Gasteiger partial charge in [0, 0.05) is 24.2 Å². The zero-order valence-electron chi connectivity index (χ0n) is 18.6. The maximum absolute atomic E-state index is 13.7. The van der Waals surface area contributed by atoms with E-state index >= 15 is 0 Å². The molecule has 0 unspecified atom stereocenters. The molecule has 10 heteroatoms. The Morgan fingerprint density at radius 1 is 1.15 bits per heavy atom. The molecule has 34 heavy (non-hydrogen) atoms. The van der Waals surface area contributed by atoms with Gasteiger partial charge in [0.1, 0.15) is 24.8 Å². The van der Waals surface area contributed by atoms with Crippen molar-refractivity contribution in [3.8, 4) is 0 Å². The number of nitrogens with zero attached hydrogens (tertiary/aromatic N) is 1. The van der Waals surface area contributed by atoms with E-state index in [1.165, 1.54) is 4.90 Å². The van der Waals surface area contributed by atoms with E-state index in [-0.39, 0.29) is 37.2 Å². The molecule has 0 spiro atoms. The molecule has 3 amide bonds. The van der Waals surface area contributed by atoms with Crippen molar-refractivity contribution in [1.82, 2.24) is 10.2 Å². The molecular weight excluding hydrogens is 462 g/mol. The van der Waals surface area contributed by atoms with Crippen molar-refractivity contribution < 1.29 is 28.7 Å². The van der Waals surface area contributed by atoms with E-state index in [0.717, 1.165) is 32.1 Å². The summed E-state index contributed by atoms with van der Waals surface area (Å²) in [6.07, 6.45) is 4.03. The lowest BCUT2D eigenvalue weighted by Crippen LogP contribution is -2.55. The molecule has 2 N–H and O–H groups in total. The molecule has 4 atom stereocenters. The summed E-state index contributed by atoms with van der Waals surface area (Å²) in [4.78, 5) is 64.2. The number of alkyl halides is 1. The van der Waals surface area contributed by atoms with Gasteiger partial charge in [0.15, 0.2) is 5.78 Å². The van der Waals surface area contributed by atoms with Crippen molar-refractivity contribution in [3.05, 3.63) is 29.3 Å². The molecule has 1 aliphatic carbocycles. The van der Waals surface area contributed by atoms with Gasteiger partial charge in [-0.15, -0.1) is 11.6 Å². The van der Waals surface area contributed by atoms with Crippen LogP contribution in [0, 0.1) is 5.92 Å². The molecule has 1 aromatic rings. The van der Waals surface area contributed by atoms with Crippen molar-refractivity contribution in [2.75, 3.05) is 18.5 Å². The molecule has 5 rings (SSSR count). The number of nitrogens with one attached hydrogen (secondary N) is 2. The molecule has 0 aromatic heterocycles. The lowest BCUT2D eigenvalue weighted by Gasteiger charge is -2.34. The Bertz CT molecular complexity index is 1070. The van der Waals surface area contributed by atoms with Gasteiger partial charge in [-0.05, 0) is 42.5 Å². The Kier molecular flexibility index (Phi) is 6.16. The van der Waals surface area contributed by atoms with Crippen molar-refractivity contribution in [2.24, 2.45) is 5.92 Å². The molecule has 3 fully saturated rings. The summed E-state index contributed by atoms with van der Waals surface area (Å²) in [7, 11) is 0. The van der Waals surface area contributed by atoms with Crippen molar-refractivity contribution in [3.63, 3.8) is 0 Å². The molecular formula is C24H26ClN3O6. The van der Waals surface area contributed by atoms with E-state index in [1.807, 2.05) is 0 Å². The van der Waals surface area contributed by atoms with Crippen LogP contribution in [0.1, 0.15) is 48.0 Å². The van der Waals surface area contributed by atoms with Gasteiger partial charge >= 0.3 is 0 Å². The fraction of sp³-hybridized carbons (Fsp3) is 0.542. The van der Waals surface area contributed by atoms with E-state index in [2.05, 4.69) is 10.6 Å². The zero-order valence-corrected chi connectivity index (χ0v) is 19.3. The number of carbonyl (C=O) groups is 5. The van der Waals surface area contributed by atoms with Crippen LogP contribution in [0.2, 0.25) is 0 Å². The number of Topliss-reactive ketones (excluding diaryl/α,β-unsaturated/α-hetero) is 2. The number of amides is 3. The predicted octanol–water partition coefficient (Wildman–Crippen LogP) is 1.22. The second-order valence-electron chi connectivity index (χ2n) is 9.47. The van der Waals surface area contributed by atoms with Gasteiger partial charge in [0.25, 0.3) is 11.8 Å². The lowest BCUT2D eigenvalue weighted by atomic mass is 9.83. The number of anilines is 1. The first kappa shape index (κ1) is 23.0. The molecule has 0 bridgehead atoms. The standard InChI is InChI=1S/C24H26ClN3O6/c25-15-10-28(20-18(30)11-34-21(15)20)24(33)19(12-4-2-1-3-5-12)27-22(31)13-6-7-16-14(8-13)9-17(29)23(32)26-16/h6-8,12,15,19-21H,1-5,9-11H2,(H,26,32)(H,27,31)/t15-,19-,20+,21+/m0/s1. The largest absolute Gasteiger partial charge is 0.366 e. The molecule has 3 aliphatic heterocycles.